The Hall–Kier alpha value is -0.790. The highest BCUT2D eigenvalue weighted by Crippen LogP contribution is 2.17. The standard InChI is InChI=1S/C10H17NO/c1-3-5-10(12)11-7-6-9(4-2)8-11/h4,9H,2-3,5-8H2,1H3. The molecule has 1 saturated heterocycles. The zero-order valence-corrected chi connectivity index (χ0v) is 7.75. The minimum absolute atomic E-state index is 0.307. The van der Waals surface area contributed by atoms with E-state index in [2.05, 4.69) is 6.58 Å². The summed E-state index contributed by atoms with van der Waals surface area (Å²) in [5.74, 6) is 0.840. The molecule has 1 amide bonds. The van der Waals surface area contributed by atoms with Gasteiger partial charge in [0.05, 0.1) is 0 Å². The Morgan fingerprint density at radius 2 is 2.50 bits per heavy atom. The maximum Gasteiger partial charge on any atom is 0.222 e. The van der Waals surface area contributed by atoms with Crippen LogP contribution in [0, 0.1) is 5.92 Å². The zero-order valence-electron chi connectivity index (χ0n) is 7.75. The van der Waals surface area contributed by atoms with Crippen molar-refractivity contribution in [3.8, 4) is 0 Å². The normalized spacial score (nSPS) is 22.8. The van der Waals surface area contributed by atoms with Crippen LogP contribution >= 0.6 is 0 Å². The van der Waals surface area contributed by atoms with Gasteiger partial charge in [0.15, 0.2) is 0 Å². The van der Waals surface area contributed by atoms with Crippen LogP contribution in [-0.4, -0.2) is 23.9 Å². The predicted octanol–water partition coefficient (Wildman–Crippen LogP) is 1.82. The summed E-state index contributed by atoms with van der Waals surface area (Å²) in [6.45, 7) is 7.60. The molecule has 0 aromatic carbocycles. The highest BCUT2D eigenvalue weighted by Gasteiger charge is 2.22. The Morgan fingerprint density at radius 3 is 3.00 bits per heavy atom. The molecule has 1 atom stereocenters. The van der Waals surface area contributed by atoms with E-state index in [-0.39, 0.29) is 0 Å². The van der Waals surface area contributed by atoms with E-state index in [1.807, 2.05) is 17.9 Å². The molecule has 1 aliphatic heterocycles. The van der Waals surface area contributed by atoms with Gasteiger partial charge in [-0.2, -0.15) is 0 Å². The lowest BCUT2D eigenvalue weighted by molar-refractivity contribution is -0.130. The molecule has 12 heavy (non-hydrogen) atoms. The molecule has 0 radical (unpaired) electrons. The maximum absolute atomic E-state index is 11.4. The first-order chi connectivity index (χ1) is 5.77. The van der Waals surface area contributed by atoms with Crippen molar-refractivity contribution in [3.05, 3.63) is 12.7 Å². The first-order valence-corrected chi connectivity index (χ1v) is 4.68. The zero-order chi connectivity index (χ0) is 8.97. The minimum Gasteiger partial charge on any atom is -0.342 e. The Balaban J connectivity index is 2.35. The highest BCUT2D eigenvalue weighted by molar-refractivity contribution is 5.76. The third kappa shape index (κ3) is 2.10. The Kier molecular flexibility index (Phi) is 3.32. The predicted molar refractivity (Wildman–Crippen MR) is 49.8 cm³/mol. The summed E-state index contributed by atoms with van der Waals surface area (Å²) in [5.41, 5.74) is 0. The van der Waals surface area contributed by atoms with Crippen LogP contribution in [-0.2, 0) is 4.79 Å². The van der Waals surface area contributed by atoms with Crippen molar-refractivity contribution >= 4 is 5.91 Å². The fourth-order valence-corrected chi connectivity index (χ4v) is 1.58. The van der Waals surface area contributed by atoms with Crippen molar-refractivity contribution in [1.82, 2.24) is 4.90 Å². The topological polar surface area (TPSA) is 20.3 Å². The number of likely N-dealkylation sites (tertiary alicyclic amines) is 1. The number of hydrogen-bond acceptors (Lipinski definition) is 1. The van der Waals surface area contributed by atoms with Crippen molar-refractivity contribution in [2.24, 2.45) is 5.92 Å². The molecule has 0 aromatic rings. The number of carbonyl (C=O) groups is 1. The number of rotatable bonds is 3. The van der Waals surface area contributed by atoms with Crippen LogP contribution in [0.4, 0.5) is 0 Å². The fourth-order valence-electron chi connectivity index (χ4n) is 1.58. The van der Waals surface area contributed by atoms with Gasteiger partial charge in [-0.3, -0.25) is 4.79 Å². The second-order valence-electron chi connectivity index (χ2n) is 3.37. The summed E-state index contributed by atoms with van der Waals surface area (Å²) in [6, 6.07) is 0. The molecule has 0 spiro atoms. The SMILES string of the molecule is C=CC1CCN(C(=O)CCC)C1. The third-order valence-electron chi connectivity index (χ3n) is 2.37. The Bertz CT molecular complexity index is 177. The highest BCUT2D eigenvalue weighted by atomic mass is 16.2. The molecule has 1 rings (SSSR count). The number of nitrogens with zero attached hydrogens (tertiary/aromatic N) is 1. The number of carbonyl (C=O) groups excluding carboxylic acids is 1. The molecule has 1 unspecified atom stereocenters. The molecule has 1 heterocycles. The molecular formula is C10H17NO. The summed E-state index contributed by atoms with van der Waals surface area (Å²) in [4.78, 5) is 13.4. The van der Waals surface area contributed by atoms with Gasteiger partial charge >= 0.3 is 0 Å². The summed E-state index contributed by atoms with van der Waals surface area (Å²) in [7, 11) is 0. The quantitative estimate of drug-likeness (QED) is 0.587. The van der Waals surface area contributed by atoms with Crippen molar-refractivity contribution < 1.29 is 4.79 Å². The maximum atomic E-state index is 11.4. The molecule has 1 aliphatic rings. The summed E-state index contributed by atoms with van der Waals surface area (Å²) < 4.78 is 0. The van der Waals surface area contributed by atoms with E-state index in [1.165, 1.54) is 0 Å². The van der Waals surface area contributed by atoms with Crippen LogP contribution in [0.3, 0.4) is 0 Å². The lowest BCUT2D eigenvalue weighted by Crippen LogP contribution is -2.27. The molecule has 68 valence electrons. The van der Waals surface area contributed by atoms with Gasteiger partial charge in [0.25, 0.3) is 0 Å². The second kappa shape index (κ2) is 4.29. The van der Waals surface area contributed by atoms with Gasteiger partial charge in [0.1, 0.15) is 0 Å². The van der Waals surface area contributed by atoms with Crippen molar-refractivity contribution in [2.75, 3.05) is 13.1 Å². The summed E-state index contributed by atoms with van der Waals surface area (Å²) in [6.07, 6.45) is 4.70. The lowest BCUT2D eigenvalue weighted by atomic mass is 10.1. The van der Waals surface area contributed by atoms with Crippen LogP contribution < -0.4 is 0 Å². The molecule has 2 nitrogen and oxygen atoms in total. The molecule has 0 bridgehead atoms. The minimum atomic E-state index is 0.307. The summed E-state index contributed by atoms with van der Waals surface area (Å²) >= 11 is 0. The van der Waals surface area contributed by atoms with Crippen LogP contribution in [0.2, 0.25) is 0 Å². The average molecular weight is 167 g/mol. The van der Waals surface area contributed by atoms with Gasteiger partial charge in [-0.05, 0) is 18.8 Å². The largest absolute Gasteiger partial charge is 0.342 e. The Labute approximate surface area is 74.2 Å². The van der Waals surface area contributed by atoms with Crippen molar-refractivity contribution in [1.29, 1.82) is 0 Å². The molecule has 1 fully saturated rings. The lowest BCUT2D eigenvalue weighted by Gasteiger charge is -2.14. The van der Waals surface area contributed by atoms with Crippen molar-refractivity contribution in [2.45, 2.75) is 26.2 Å². The molecule has 0 aromatic heterocycles. The van der Waals surface area contributed by atoms with Gasteiger partial charge < -0.3 is 4.90 Å². The molecule has 2 heteroatoms. The molecule has 0 saturated carbocycles. The fraction of sp³-hybridized carbons (Fsp3) is 0.700. The second-order valence-corrected chi connectivity index (χ2v) is 3.37. The monoisotopic (exact) mass is 167 g/mol. The van der Waals surface area contributed by atoms with Crippen LogP contribution in [0.1, 0.15) is 26.2 Å². The third-order valence-corrected chi connectivity index (χ3v) is 2.37. The van der Waals surface area contributed by atoms with Crippen LogP contribution in [0.15, 0.2) is 12.7 Å². The van der Waals surface area contributed by atoms with E-state index in [0.717, 1.165) is 25.9 Å². The van der Waals surface area contributed by atoms with E-state index < -0.39 is 0 Å². The van der Waals surface area contributed by atoms with E-state index in [9.17, 15) is 4.79 Å². The van der Waals surface area contributed by atoms with E-state index >= 15 is 0 Å². The molecular weight excluding hydrogens is 150 g/mol. The van der Waals surface area contributed by atoms with E-state index in [0.29, 0.717) is 18.2 Å². The van der Waals surface area contributed by atoms with Crippen LogP contribution in [0.5, 0.6) is 0 Å². The Morgan fingerprint density at radius 1 is 1.75 bits per heavy atom. The number of hydrogen-bond donors (Lipinski definition) is 0. The first-order valence-electron chi connectivity index (χ1n) is 4.68. The molecule has 0 aliphatic carbocycles. The molecule has 0 N–H and O–H groups in total. The van der Waals surface area contributed by atoms with E-state index in [4.69, 9.17) is 0 Å². The first kappa shape index (κ1) is 9.30. The number of amides is 1. The van der Waals surface area contributed by atoms with Gasteiger partial charge in [0.2, 0.25) is 5.91 Å². The van der Waals surface area contributed by atoms with Gasteiger partial charge in [-0.15, -0.1) is 6.58 Å². The van der Waals surface area contributed by atoms with Gasteiger partial charge in [0, 0.05) is 19.5 Å². The summed E-state index contributed by atoms with van der Waals surface area (Å²) in [5, 5.41) is 0. The van der Waals surface area contributed by atoms with Crippen molar-refractivity contribution in [3.63, 3.8) is 0 Å². The van der Waals surface area contributed by atoms with Gasteiger partial charge in [-0.1, -0.05) is 13.0 Å². The van der Waals surface area contributed by atoms with E-state index in [1.54, 1.807) is 0 Å². The van der Waals surface area contributed by atoms with Gasteiger partial charge in [-0.25, -0.2) is 0 Å². The average Bonchev–Trinajstić information content (AvgIpc) is 2.52. The smallest absolute Gasteiger partial charge is 0.222 e. The van der Waals surface area contributed by atoms with Crippen LogP contribution in [0.25, 0.3) is 0 Å².